The van der Waals surface area contributed by atoms with Gasteiger partial charge in [-0.1, -0.05) is 59.7 Å². The molecule has 0 spiro atoms. The maximum absolute atomic E-state index is 10.4. The number of aliphatic hydroxyl groups excluding tert-OH is 1. The van der Waals surface area contributed by atoms with Gasteiger partial charge in [-0.2, -0.15) is 0 Å². The highest BCUT2D eigenvalue weighted by molar-refractivity contribution is 5.36. The van der Waals surface area contributed by atoms with Gasteiger partial charge in [0.05, 0.1) is 6.10 Å². The zero-order valence-electron chi connectivity index (χ0n) is 12.0. The average Bonchev–Trinajstić information content (AvgIpc) is 2.44. The van der Waals surface area contributed by atoms with E-state index >= 15 is 0 Å². The predicted octanol–water partition coefficient (Wildman–Crippen LogP) is 3.82. The van der Waals surface area contributed by atoms with Gasteiger partial charge in [-0.15, -0.1) is 12.3 Å². The molecular weight excluding hydrogens is 244 g/mol. The van der Waals surface area contributed by atoms with Crippen LogP contribution in [0.3, 0.4) is 0 Å². The van der Waals surface area contributed by atoms with Crippen molar-refractivity contribution in [3.8, 4) is 12.3 Å². The molecule has 0 fully saturated rings. The van der Waals surface area contributed by atoms with Crippen LogP contribution < -0.4 is 0 Å². The van der Waals surface area contributed by atoms with Gasteiger partial charge >= 0.3 is 0 Å². The molecule has 0 saturated carbocycles. The summed E-state index contributed by atoms with van der Waals surface area (Å²) in [5.41, 5.74) is 4.62. The molecule has 20 heavy (non-hydrogen) atoms. The molecule has 1 N–H and O–H groups in total. The fourth-order valence-electron chi connectivity index (χ4n) is 2.42. The van der Waals surface area contributed by atoms with Crippen LogP contribution in [0.25, 0.3) is 0 Å². The Morgan fingerprint density at radius 3 is 1.65 bits per heavy atom. The third-order valence-corrected chi connectivity index (χ3v) is 3.58. The second-order valence-electron chi connectivity index (χ2n) is 5.27. The molecule has 0 radical (unpaired) electrons. The van der Waals surface area contributed by atoms with Crippen LogP contribution in [-0.2, 0) is 0 Å². The zero-order chi connectivity index (χ0) is 14.5. The largest absolute Gasteiger partial charge is 0.391 e. The molecule has 2 aromatic rings. The topological polar surface area (TPSA) is 20.2 Å². The third-order valence-electron chi connectivity index (χ3n) is 3.58. The lowest BCUT2D eigenvalue weighted by Crippen LogP contribution is -2.19. The third kappa shape index (κ3) is 3.29. The Balaban J connectivity index is 2.41. The van der Waals surface area contributed by atoms with Crippen molar-refractivity contribution >= 4 is 0 Å². The number of hydrogen-bond donors (Lipinski definition) is 1. The first-order valence-corrected chi connectivity index (χ1v) is 6.86. The van der Waals surface area contributed by atoms with Gasteiger partial charge in [0, 0.05) is 12.3 Å². The van der Waals surface area contributed by atoms with Crippen LogP contribution in [0.1, 0.15) is 34.6 Å². The standard InChI is InChI=1S/C19H20O/c1-4-5-18(20)19(16-10-6-14(2)7-11-16)17-12-8-15(3)9-13-17/h1,6-13,18-20H,5H2,2-3H3. The van der Waals surface area contributed by atoms with Crippen molar-refractivity contribution in [3.05, 3.63) is 70.8 Å². The van der Waals surface area contributed by atoms with Crippen molar-refractivity contribution in [1.29, 1.82) is 0 Å². The van der Waals surface area contributed by atoms with Gasteiger partial charge in [-0.25, -0.2) is 0 Å². The highest BCUT2D eigenvalue weighted by Crippen LogP contribution is 2.30. The Morgan fingerprint density at radius 1 is 0.900 bits per heavy atom. The number of hydrogen-bond acceptors (Lipinski definition) is 1. The molecule has 2 rings (SSSR count). The van der Waals surface area contributed by atoms with E-state index in [9.17, 15) is 5.11 Å². The predicted molar refractivity (Wildman–Crippen MR) is 83.7 cm³/mol. The Hall–Kier alpha value is -2.04. The van der Waals surface area contributed by atoms with E-state index in [4.69, 9.17) is 6.42 Å². The van der Waals surface area contributed by atoms with E-state index in [1.807, 2.05) is 0 Å². The SMILES string of the molecule is C#CCC(O)C(c1ccc(C)cc1)c1ccc(C)cc1. The van der Waals surface area contributed by atoms with Gasteiger partial charge in [0.2, 0.25) is 0 Å². The number of aryl methyl sites for hydroxylation is 2. The second-order valence-corrected chi connectivity index (χ2v) is 5.27. The quantitative estimate of drug-likeness (QED) is 0.832. The highest BCUT2D eigenvalue weighted by atomic mass is 16.3. The summed E-state index contributed by atoms with van der Waals surface area (Å²) in [6.07, 6.45) is 5.15. The average molecular weight is 264 g/mol. The summed E-state index contributed by atoms with van der Waals surface area (Å²) in [5.74, 6) is 2.48. The maximum Gasteiger partial charge on any atom is 0.0758 e. The summed E-state index contributed by atoms with van der Waals surface area (Å²) < 4.78 is 0. The molecule has 1 unspecified atom stereocenters. The molecule has 1 nitrogen and oxygen atoms in total. The van der Waals surface area contributed by atoms with Gasteiger partial charge in [-0.3, -0.25) is 0 Å². The lowest BCUT2D eigenvalue weighted by Gasteiger charge is -2.23. The van der Waals surface area contributed by atoms with Gasteiger partial charge in [-0.05, 0) is 25.0 Å². The Labute approximate surface area is 121 Å². The first kappa shape index (κ1) is 14.4. The van der Waals surface area contributed by atoms with Crippen LogP contribution in [0.5, 0.6) is 0 Å². The fourth-order valence-corrected chi connectivity index (χ4v) is 2.42. The van der Waals surface area contributed by atoms with Crippen molar-refractivity contribution < 1.29 is 5.11 Å². The Bertz CT molecular complexity index is 542. The summed E-state index contributed by atoms with van der Waals surface area (Å²) >= 11 is 0. The van der Waals surface area contributed by atoms with Crippen LogP contribution in [0, 0.1) is 26.2 Å². The summed E-state index contributed by atoms with van der Waals surface area (Å²) in [5, 5.41) is 10.4. The normalized spacial score (nSPS) is 12.2. The minimum atomic E-state index is -0.564. The fraction of sp³-hybridized carbons (Fsp3) is 0.263. The Kier molecular flexibility index (Phi) is 4.61. The molecule has 0 heterocycles. The zero-order valence-corrected chi connectivity index (χ0v) is 12.0. The van der Waals surface area contributed by atoms with Gasteiger partial charge in [0.25, 0.3) is 0 Å². The lowest BCUT2D eigenvalue weighted by molar-refractivity contribution is 0.162. The molecule has 0 aliphatic heterocycles. The van der Waals surface area contributed by atoms with E-state index in [0.29, 0.717) is 6.42 Å². The number of terminal acetylenes is 1. The van der Waals surface area contributed by atoms with Crippen LogP contribution >= 0.6 is 0 Å². The van der Waals surface area contributed by atoms with E-state index in [-0.39, 0.29) is 5.92 Å². The monoisotopic (exact) mass is 264 g/mol. The van der Waals surface area contributed by atoms with E-state index in [1.165, 1.54) is 11.1 Å². The van der Waals surface area contributed by atoms with Crippen LogP contribution in [-0.4, -0.2) is 11.2 Å². The molecule has 0 aliphatic carbocycles. The maximum atomic E-state index is 10.4. The molecule has 0 aliphatic rings. The number of rotatable bonds is 4. The van der Waals surface area contributed by atoms with E-state index in [1.54, 1.807) is 0 Å². The minimum absolute atomic E-state index is 0.0766. The first-order chi connectivity index (χ1) is 9.61. The molecule has 1 atom stereocenters. The summed E-state index contributed by atoms with van der Waals surface area (Å²) in [6, 6.07) is 16.6. The molecule has 0 aromatic heterocycles. The number of benzene rings is 2. The van der Waals surface area contributed by atoms with Gasteiger partial charge in [0.15, 0.2) is 0 Å². The highest BCUT2D eigenvalue weighted by Gasteiger charge is 2.22. The van der Waals surface area contributed by atoms with Crippen molar-refractivity contribution in [2.45, 2.75) is 32.3 Å². The summed E-state index contributed by atoms with van der Waals surface area (Å²) in [7, 11) is 0. The van der Waals surface area contributed by atoms with Crippen LogP contribution in [0.4, 0.5) is 0 Å². The van der Waals surface area contributed by atoms with Crippen LogP contribution in [0.15, 0.2) is 48.5 Å². The van der Waals surface area contributed by atoms with Crippen molar-refractivity contribution in [1.82, 2.24) is 0 Å². The van der Waals surface area contributed by atoms with E-state index in [2.05, 4.69) is 68.3 Å². The Morgan fingerprint density at radius 2 is 1.30 bits per heavy atom. The van der Waals surface area contributed by atoms with Crippen molar-refractivity contribution in [2.24, 2.45) is 0 Å². The lowest BCUT2D eigenvalue weighted by atomic mass is 9.85. The molecule has 102 valence electrons. The molecule has 0 bridgehead atoms. The van der Waals surface area contributed by atoms with Gasteiger partial charge < -0.3 is 5.11 Å². The van der Waals surface area contributed by atoms with Crippen molar-refractivity contribution in [3.63, 3.8) is 0 Å². The summed E-state index contributed by atoms with van der Waals surface area (Å²) in [4.78, 5) is 0. The summed E-state index contributed by atoms with van der Waals surface area (Å²) in [6.45, 7) is 4.12. The molecule has 0 amide bonds. The second kappa shape index (κ2) is 6.41. The number of aliphatic hydroxyl groups is 1. The molecule has 2 aromatic carbocycles. The minimum Gasteiger partial charge on any atom is -0.391 e. The smallest absolute Gasteiger partial charge is 0.0758 e. The van der Waals surface area contributed by atoms with Crippen LogP contribution in [0.2, 0.25) is 0 Å². The molecule has 1 heteroatoms. The van der Waals surface area contributed by atoms with Crippen molar-refractivity contribution in [2.75, 3.05) is 0 Å². The molecular formula is C19H20O. The molecule has 0 saturated heterocycles. The first-order valence-electron chi connectivity index (χ1n) is 6.86. The van der Waals surface area contributed by atoms with E-state index < -0.39 is 6.10 Å². The van der Waals surface area contributed by atoms with E-state index in [0.717, 1.165) is 11.1 Å². The van der Waals surface area contributed by atoms with Gasteiger partial charge in [0.1, 0.15) is 0 Å².